The van der Waals surface area contributed by atoms with E-state index in [1.807, 2.05) is 66.8 Å². The van der Waals surface area contributed by atoms with Crippen molar-refractivity contribution >= 4 is 11.9 Å². The number of benzene rings is 1. The van der Waals surface area contributed by atoms with Crippen LogP contribution in [0.2, 0.25) is 0 Å². The number of aromatic nitrogens is 2. The van der Waals surface area contributed by atoms with Crippen LogP contribution in [0.15, 0.2) is 36.4 Å². The Labute approximate surface area is 159 Å². The van der Waals surface area contributed by atoms with Crippen LogP contribution in [-0.4, -0.2) is 33.2 Å². The third-order valence-electron chi connectivity index (χ3n) is 4.73. The molecule has 27 heavy (non-hydrogen) atoms. The van der Waals surface area contributed by atoms with E-state index in [1.54, 1.807) is 0 Å². The zero-order valence-corrected chi connectivity index (χ0v) is 16.1. The van der Waals surface area contributed by atoms with Crippen LogP contribution in [0.5, 0.6) is 0 Å². The minimum atomic E-state index is -0.228. The SMILES string of the molecule is CC(C)C(=O)N1CCn2nc(CNC(=O)N[C@H](C)c3ccccc3)cc2C1. The molecule has 3 rings (SSSR count). The van der Waals surface area contributed by atoms with E-state index >= 15 is 0 Å². The summed E-state index contributed by atoms with van der Waals surface area (Å²) >= 11 is 0. The van der Waals surface area contributed by atoms with Crippen molar-refractivity contribution in [1.82, 2.24) is 25.3 Å². The summed E-state index contributed by atoms with van der Waals surface area (Å²) in [7, 11) is 0. The average Bonchev–Trinajstić information content (AvgIpc) is 3.08. The summed E-state index contributed by atoms with van der Waals surface area (Å²) < 4.78 is 1.92. The van der Waals surface area contributed by atoms with Crippen LogP contribution in [0.3, 0.4) is 0 Å². The van der Waals surface area contributed by atoms with Gasteiger partial charge in [-0.25, -0.2) is 4.79 Å². The van der Waals surface area contributed by atoms with E-state index < -0.39 is 0 Å². The molecule has 0 unspecified atom stereocenters. The molecule has 0 fully saturated rings. The van der Waals surface area contributed by atoms with Crippen molar-refractivity contribution in [2.24, 2.45) is 5.92 Å². The Morgan fingerprint density at radius 3 is 2.59 bits per heavy atom. The molecule has 0 saturated carbocycles. The van der Waals surface area contributed by atoms with Crippen LogP contribution in [0.4, 0.5) is 4.79 Å². The number of carbonyl (C=O) groups is 2. The number of amides is 3. The van der Waals surface area contributed by atoms with Crippen molar-refractivity contribution in [3.05, 3.63) is 53.3 Å². The number of hydrogen-bond donors (Lipinski definition) is 2. The molecule has 1 aliphatic heterocycles. The molecule has 1 aliphatic rings. The number of rotatable bonds is 5. The van der Waals surface area contributed by atoms with Gasteiger partial charge in [0.25, 0.3) is 0 Å². The molecule has 0 radical (unpaired) electrons. The maximum atomic E-state index is 12.2. The van der Waals surface area contributed by atoms with Gasteiger partial charge in [-0.3, -0.25) is 9.48 Å². The van der Waals surface area contributed by atoms with Crippen LogP contribution in [-0.2, 0) is 24.4 Å². The fourth-order valence-corrected chi connectivity index (χ4v) is 3.21. The molecule has 0 aliphatic carbocycles. The molecule has 1 atom stereocenters. The third kappa shape index (κ3) is 4.67. The van der Waals surface area contributed by atoms with Gasteiger partial charge in [-0.05, 0) is 18.6 Å². The Kier molecular flexibility index (Phi) is 5.78. The number of nitrogens with zero attached hydrogens (tertiary/aromatic N) is 3. The first-order valence-electron chi connectivity index (χ1n) is 9.37. The maximum Gasteiger partial charge on any atom is 0.315 e. The van der Waals surface area contributed by atoms with Gasteiger partial charge in [-0.2, -0.15) is 5.10 Å². The second kappa shape index (κ2) is 8.24. The molecule has 2 N–H and O–H groups in total. The highest BCUT2D eigenvalue weighted by Gasteiger charge is 2.23. The predicted molar refractivity (Wildman–Crippen MR) is 103 cm³/mol. The van der Waals surface area contributed by atoms with E-state index in [-0.39, 0.29) is 23.9 Å². The highest BCUT2D eigenvalue weighted by molar-refractivity contribution is 5.78. The number of fused-ring (bicyclic) bond motifs is 1. The van der Waals surface area contributed by atoms with Gasteiger partial charge in [0.2, 0.25) is 5.91 Å². The normalized spacial score (nSPS) is 14.6. The molecule has 3 amide bonds. The van der Waals surface area contributed by atoms with E-state index in [0.29, 0.717) is 26.2 Å². The van der Waals surface area contributed by atoms with E-state index in [0.717, 1.165) is 17.0 Å². The van der Waals surface area contributed by atoms with Gasteiger partial charge >= 0.3 is 6.03 Å². The van der Waals surface area contributed by atoms with Crippen LogP contribution in [0.1, 0.15) is 43.8 Å². The summed E-state index contributed by atoms with van der Waals surface area (Å²) in [6.07, 6.45) is 0. The number of nitrogens with one attached hydrogen (secondary N) is 2. The first kappa shape index (κ1) is 18.9. The topological polar surface area (TPSA) is 79.3 Å². The molecular weight excluding hydrogens is 342 g/mol. The zero-order valence-electron chi connectivity index (χ0n) is 16.1. The number of carbonyl (C=O) groups excluding carboxylic acids is 2. The van der Waals surface area contributed by atoms with Crippen molar-refractivity contribution < 1.29 is 9.59 Å². The van der Waals surface area contributed by atoms with E-state index in [9.17, 15) is 9.59 Å². The van der Waals surface area contributed by atoms with Crippen LogP contribution in [0.25, 0.3) is 0 Å². The van der Waals surface area contributed by atoms with Crippen molar-refractivity contribution in [2.45, 2.75) is 46.4 Å². The van der Waals surface area contributed by atoms with Crippen LogP contribution < -0.4 is 10.6 Å². The summed E-state index contributed by atoms with van der Waals surface area (Å²) in [6.45, 7) is 8.06. The van der Waals surface area contributed by atoms with Gasteiger partial charge in [0.05, 0.1) is 37.1 Å². The Balaban J connectivity index is 1.52. The average molecular weight is 369 g/mol. The third-order valence-corrected chi connectivity index (χ3v) is 4.73. The summed E-state index contributed by atoms with van der Waals surface area (Å²) in [6, 6.07) is 11.5. The Morgan fingerprint density at radius 2 is 1.89 bits per heavy atom. The summed E-state index contributed by atoms with van der Waals surface area (Å²) in [5, 5.41) is 10.3. The number of urea groups is 1. The number of hydrogen-bond acceptors (Lipinski definition) is 3. The molecular formula is C20H27N5O2. The molecule has 0 bridgehead atoms. The van der Waals surface area contributed by atoms with Crippen molar-refractivity contribution in [3.63, 3.8) is 0 Å². The predicted octanol–water partition coefficient (Wildman–Crippen LogP) is 2.44. The Hall–Kier alpha value is -2.83. The van der Waals surface area contributed by atoms with Gasteiger partial charge in [-0.1, -0.05) is 44.2 Å². The lowest BCUT2D eigenvalue weighted by atomic mass is 10.1. The van der Waals surface area contributed by atoms with Gasteiger partial charge in [0.1, 0.15) is 0 Å². The highest BCUT2D eigenvalue weighted by Crippen LogP contribution is 2.16. The second-order valence-electron chi connectivity index (χ2n) is 7.22. The van der Waals surface area contributed by atoms with Gasteiger partial charge < -0.3 is 15.5 Å². The standard InChI is InChI=1S/C20H27N5O2/c1-14(2)19(26)24-9-10-25-18(13-24)11-17(23-25)12-21-20(27)22-15(3)16-7-5-4-6-8-16/h4-8,11,14-15H,9-10,12-13H2,1-3H3,(H2,21,22,27)/t15-/m1/s1. The van der Waals surface area contributed by atoms with Crippen molar-refractivity contribution in [1.29, 1.82) is 0 Å². The molecule has 1 aromatic carbocycles. The molecule has 7 nitrogen and oxygen atoms in total. The monoisotopic (exact) mass is 369 g/mol. The van der Waals surface area contributed by atoms with Crippen LogP contribution >= 0.6 is 0 Å². The minimum absolute atomic E-state index is 0.00379. The molecule has 1 aromatic heterocycles. The van der Waals surface area contributed by atoms with Crippen molar-refractivity contribution in [2.75, 3.05) is 6.54 Å². The van der Waals surface area contributed by atoms with E-state index in [2.05, 4.69) is 15.7 Å². The molecule has 0 saturated heterocycles. The van der Waals surface area contributed by atoms with Gasteiger partial charge in [-0.15, -0.1) is 0 Å². The smallest absolute Gasteiger partial charge is 0.315 e. The van der Waals surface area contributed by atoms with Gasteiger partial charge in [0.15, 0.2) is 0 Å². The lowest BCUT2D eigenvalue weighted by Crippen LogP contribution is -2.40. The molecule has 2 aromatic rings. The van der Waals surface area contributed by atoms with E-state index in [1.165, 1.54) is 0 Å². The molecule has 2 heterocycles. The molecule has 7 heteroatoms. The lowest BCUT2D eigenvalue weighted by Gasteiger charge is -2.29. The fourth-order valence-electron chi connectivity index (χ4n) is 3.21. The maximum absolute atomic E-state index is 12.2. The van der Waals surface area contributed by atoms with E-state index in [4.69, 9.17) is 0 Å². The van der Waals surface area contributed by atoms with Crippen LogP contribution in [0, 0.1) is 5.92 Å². The Bertz CT molecular complexity index is 800. The zero-order chi connectivity index (χ0) is 19.4. The largest absolute Gasteiger partial charge is 0.335 e. The summed E-state index contributed by atoms with van der Waals surface area (Å²) in [4.78, 5) is 26.2. The van der Waals surface area contributed by atoms with Gasteiger partial charge in [0, 0.05) is 12.5 Å². The van der Waals surface area contributed by atoms with Crippen molar-refractivity contribution in [3.8, 4) is 0 Å². The minimum Gasteiger partial charge on any atom is -0.335 e. The fraction of sp³-hybridized carbons (Fsp3) is 0.450. The Morgan fingerprint density at radius 1 is 1.15 bits per heavy atom. The second-order valence-corrected chi connectivity index (χ2v) is 7.22. The molecule has 0 spiro atoms. The quantitative estimate of drug-likeness (QED) is 0.850. The first-order chi connectivity index (χ1) is 12.9. The lowest BCUT2D eigenvalue weighted by molar-refractivity contribution is -0.136. The summed E-state index contributed by atoms with van der Waals surface area (Å²) in [5.74, 6) is 0.160. The summed E-state index contributed by atoms with van der Waals surface area (Å²) in [5.41, 5.74) is 2.86. The molecule has 144 valence electrons. The highest BCUT2D eigenvalue weighted by atomic mass is 16.2. The first-order valence-corrected chi connectivity index (χ1v) is 9.37.